The number of fused-ring (bicyclic) bond motifs is 5. The quantitative estimate of drug-likeness (QED) is 0.409. The molecule has 0 aromatic heterocycles. The molecule has 1 unspecified atom stereocenters. The van der Waals surface area contributed by atoms with E-state index < -0.39 is 11.1 Å². The Morgan fingerprint density at radius 3 is 2.53 bits per heavy atom. The van der Waals surface area contributed by atoms with Crippen molar-refractivity contribution in [3.8, 4) is 0 Å². The summed E-state index contributed by atoms with van der Waals surface area (Å²) in [6.07, 6.45) is 17.6. The summed E-state index contributed by atoms with van der Waals surface area (Å²) in [6, 6.07) is 0. The van der Waals surface area contributed by atoms with Crippen LogP contribution in [-0.4, -0.2) is 16.6 Å². The van der Waals surface area contributed by atoms with E-state index in [4.69, 9.17) is 4.18 Å². The first-order valence-electron chi connectivity index (χ1n) is 12.8. The van der Waals surface area contributed by atoms with Gasteiger partial charge in [-0.2, -0.15) is 0 Å². The van der Waals surface area contributed by atoms with Gasteiger partial charge in [-0.3, -0.25) is 4.18 Å². The molecule has 0 aromatic rings. The van der Waals surface area contributed by atoms with E-state index in [0.29, 0.717) is 10.8 Å². The van der Waals surface area contributed by atoms with Crippen LogP contribution in [0.4, 0.5) is 0 Å². The Bertz CT molecular complexity index is 684. The molecule has 172 valence electrons. The fourth-order valence-corrected chi connectivity index (χ4v) is 9.22. The van der Waals surface area contributed by atoms with Crippen LogP contribution in [0, 0.1) is 46.3 Å². The van der Waals surface area contributed by atoms with Crippen molar-refractivity contribution in [3.63, 3.8) is 0 Å². The Morgan fingerprint density at radius 2 is 1.83 bits per heavy atom. The van der Waals surface area contributed by atoms with Crippen molar-refractivity contribution in [1.29, 1.82) is 0 Å². The molecule has 0 aliphatic heterocycles. The lowest BCUT2D eigenvalue weighted by Gasteiger charge is -2.58. The smallest absolute Gasteiger partial charge is 0.152 e. The van der Waals surface area contributed by atoms with E-state index >= 15 is 0 Å². The van der Waals surface area contributed by atoms with Gasteiger partial charge < -0.3 is 0 Å². The molecule has 9 atom stereocenters. The second-order valence-electron chi connectivity index (χ2n) is 12.3. The van der Waals surface area contributed by atoms with Crippen LogP contribution < -0.4 is 0 Å². The first-order chi connectivity index (χ1) is 14.1. The summed E-state index contributed by atoms with van der Waals surface area (Å²) in [5, 5.41) is 0. The number of allylic oxidation sites excluding steroid dienone is 1. The zero-order chi connectivity index (χ0) is 21.7. The maximum Gasteiger partial charge on any atom is 0.152 e. The molecule has 0 aromatic carbocycles. The molecule has 0 spiro atoms. The molecule has 4 aliphatic carbocycles. The van der Waals surface area contributed by atoms with E-state index in [1.165, 1.54) is 51.4 Å². The second kappa shape index (κ2) is 8.65. The zero-order valence-corrected chi connectivity index (χ0v) is 21.2. The molecule has 3 saturated carbocycles. The third kappa shape index (κ3) is 4.00. The Labute approximate surface area is 188 Å². The molecule has 0 heterocycles. The highest BCUT2D eigenvalue weighted by Gasteiger charge is 2.59. The van der Waals surface area contributed by atoms with Crippen LogP contribution in [0.2, 0.25) is 0 Å². The summed E-state index contributed by atoms with van der Waals surface area (Å²) >= 11 is -1.15. The van der Waals surface area contributed by atoms with Crippen molar-refractivity contribution >= 4 is 11.1 Å². The molecule has 2 nitrogen and oxygen atoms in total. The van der Waals surface area contributed by atoms with Crippen molar-refractivity contribution in [1.82, 2.24) is 0 Å². The average Bonchev–Trinajstić information content (AvgIpc) is 3.03. The lowest BCUT2D eigenvalue weighted by atomic mass is 9.47. The van der Waals surface area contributed by atoms with Gasteiger partial charge in [0.05, 0.1) is 6.10 Å². The standard InChI is InChI=1S/C27H46O2S/c1-18(2)7-8-19(3)23-11-12-24-22-10-9-20-17-21(29-30(6)28)13-15-26(20,4)25(22)14-16-27(23,24)5/h9,18-19,21-25H,7-8,10-17H2,1-6H3/t19?,21-,22-,23+,24-,25-,26-,27+,30+/m0/s1. The number of hydrogen-bond acceptors (Lipinski definition) is 2. The fraction of sp³-hybridized carbons (Fsp3) is 0.926. The minimum atomic E-state index is -1.15. The molecule has 4 aliphatic rings. The van der Waals surface area contributed by atoms with Crippen LogP contribution in [-0.2, 0) is 15.3 Å². The minimum Gasteiger partial charge on any atom is -0.287 e. The van der Waals surface area contributed by atoms with Crippen LogP contribution in [0.3, 0.4) is 0 Å². The van der Waals surface area contributed by atoms with E-state index in [1.807, 2.05) is 0 Å². The Kier molecular flexibility index (Phi) is 6.64. The Balaban J connectivity index is 1.50. The van der Waals surface area contributed by atoms with Gasteiger partial charge >= 0.3 is 0 Å². The van der Waals surface area contributed by atoms with Gasteiger partial charge in [-0.15, -0.1) is 0 Å². The molecule has 3 heteroatoms. The van der Waals surface area contributed by atoms with Gasteiger partial charge in [0.15, 0.2) is 11.1 Å². The fourth-order valence-electron chi connectivity index (χ4n) is 8.67. The highest BCUT2D eigenvalue weighted by molar-refractivity contribution is 7.79. The largest absolute Gasteiger partial charge is 0.287 e. The third-order valence-corrected chi connectivity index (χ3v) is 10.8. The van der Waals surface area contributed by atoms with E-state index in [9.17, 15) is 4.21 Å². The molecule has 0 bridgehead atoms. The first-order valence-corrected chi connectivity index (χ1v) is 14.3. The van der Waals surface area contributed by atoms with Crippen LogP contribution in [0.25, 0.3) is 0 Å². The van der Waals surface area contributed by atoms with Crippen LogP contribution in [0.5, 0.6) is 0 Å². The molecule has 0 N–H and O–H groups in total. The minimum absolute atomic E-state index is 0.165. The molecule has 0 amide bonds. The molecular weight excluding hydrogens is 388 g/mol. The van der Waals surface area contributed by atoms with Crippen molar-refractivity contribution in [3.05, 3.63) is 11.6 Å². The van der Waals surface area contributed by atoms with Gasteiger partial charge in [-0.1, -0.05) is 59.1 Å². The van der Waals surface area contributed by atoms with E-state index in [-0.39, 0.29) is 6.10 Å². The van der Waals surface area contributed by atoms with Crippen LogP contribution in [0.15, 0.2) is 11.6 Å². The first kappa shape index (κ1) is 23.0. The molecule has 0 saturated heterocycles. The predicted octanol–water partition coefficient (Wildman–Crippen LogP) is 7.32. The van der Waals surface area contributed by atoms with Gasteiger partial charge in [-0.25, -0.2) is 4.21 Å². The summed E-state index contributed by atoms with van der Waals surface area (Å²) in [5.74, 6) is 5.32. The zero-order valence-electron chi connectivity index (χ0n) is 20.4. The van der Waals surface area contributed by atoms with Gasteiger partial charge in [0.1, 0.15) is 0 Å². The maximum atomic E-state index is 11.6. The lowest BCUT2D eigenvalue weighted by Crippen LogP contribution is -2.51. The van der Waals surface area contributed by atoms with E-state index in [0.717, 1.165) is 48.3 Å². The lowest BCUT2D eigenvalue weighted by molar-refractivity contribution is -0.0555. The summed E-state index contributed by atoms with van der Waals surface area (Å²) in [4.78, 5) is 0. The van der Waals surface area contributed by atoms with Gasteiger partial charge in [0, 0.05) is 6.26 Å². The topological polar surface area (TPSA) is 26.3 Å². The number of rotatable bonds is 6. The summed E-state index contributed by atoms with van der Waals surface area (Å²) < 4.78 is 17.3. The van der Waals surface area contributed by atoms with Gasteiger partial charge in [-0.05, 0) is 97.7 Å². The molecular formula is C27H46O2S. The van der Waals surface area contributed by atoms with Crippen LogP contribution in [0.1, 0.15) is 98.8 Å². The molecule has 0 radical (unpaired) electrons. The summed E-state index contributed by atoms with van der Waals surface area (Å²) in [6.45, 7) is 12.6. The Morgan fingerprint density at radius 1 is 1.07 bits per heavy atom. The summed E-state index contributed by atoms with van der Waals surface area (Å²) in [7, 11) is 0. The molecule has 30 heavy (non-hydrogen) atoms. The monoisotopic (exact) mass is 434 g/mol. The van der Waals surface area contributed by atoms with Crippen molar-refractivity contribution in [2.45, 2.75) is 105 Å². The van der Waals surface area contributed by atoms with Crippen LogP contribution >= 0.6 is 0 Å². The van der Waals surface area contributed by atoms with Gasteiger partial charge in [0.2, 0.25) is 0 Å². The van der Waals surface area contributed by atoms with Crippen molar-refractivity contribution < 1.29 is 8.39 Å². The van der Waals surface area contributed by atoms with Crippen molar-refractivity contribution in [2.24, 2.45) is 46.3 Å². The van der Waals surface area contributed by atoms with Gasteiger partial charge in [0.25, 0.3) is 0 Å². The SMILES string of the molecule is CC(C)CCC(C)[C@H]1CC[C@H]2[C@@H]3CC=C4C[C@@H](O[S@](C)=O)CC[C@]4(C)[C@H]3CC[C@]12C. The van der Waals surface area contributed by atoms with E-state index in [2.05, 4.69) is 40.7 Å². The summed E-state index contributed by atoms with van der Waals surface area (Å²) in [5.41, 5.74) is 2.56. The second-order valence-corrected chi connectivity index (χ2v) is 13.3. The third-order valence-electron chi connectivity index (χ3n) is 10.3. The molecule has 4 rings (SSSR count). The van der Waals surface area contributed by atoms with E-state index in [1.54, 1.807) is 11.8 Å². The highest BCUT2D eigenvalue weighted by Crippen LogP contribution is 2.67. The normalized spacial score (nSPS) is 45.3. The average molecular weight is 435 g/mol. The highest BCUT2D eigenvalue weighted by atomic mass is 32.2. The predicted molar refractivity (Wildman–Crippen MR) is 127 cm³/mol. The number of hydrogen-bond donors (Lipinski definition) is 0. The van der Waals surface area contributed by atoms with Crippen molar-refractivity contribution in [2.75, 3.05) is 6.26 Å². The Hall–Kier alpha value is -0.150. The molecule has 3 fully saturated rings. The maximum absolute atomic E-state index is 11.6.